The van der Waals surface area contributed by atoms with Crippen molar-refractivity contribution >= 4 is 11.5 Å². The van der Waals surface area contributed by atoms with E-state index in [-0.39, 0.29) is 17.4 Å². The summed E-state index contributed by atoms with van der Waals surface area (Å²) >= 11 is 0. The number of anilines is 2. The Morgan fingerprint density at radius 2 is 1.94 bits per heavy atom. The zero-order valence-electron chi connectivity index (χ0n) is 19.8. The van der Waals surface area contributed by atoms with Crippen LogP contribution < -0.4 is 21.3 Å². The first-order chi connectivity index (χ1) is 16.5. The highest BCUT2D eigenvalue weighted by Gasteiger charge is 2.32. The molecule has 4 rings (SSSR count). The topological polar surface area (TPSA) is 60.2 Å². The molecule has 1 aliphatic heterocycles. The Kier molecular flexibility index (Phi) is 7.40. The van der Waals surface area contributed by atoms with E-state index in [1.54, 1.807) is 6.07 Å². The minimum absolute atomic E-state index is 0.141. The molecule has 1 aromatic heterocycles. The molecule has 0 aliphatic carbocycles. The van der Waals surface area contributed by atoms with Crippen molar-refractivity contribution < 1.29 is 4.39 Å². The number of hydrogen-bond donors (Lipinski definition) is 3. The van der Waals surface area contributed by atoms with Gasteiger partial charge in [0.25, 0.3) is 5.56 Å². The number of nitrogens with zero attached hydrogens (tertiary/aromatic N) is 1. The molecule has 34 heavy (non-hydrogen) atoms. The molecule has 6 heteroatoms. The molecule has 0 radical (unpaired) electrons. The molecule has 2 aromatic carbocycles. The number of H-pyrrole nitrogens is 1. The maximum atomic E-state index is 14.0. The molecule has 3 aromatic rings. The van der Waals surface area contributed by atoms with E-state index in [4.69, 9.17) is 0 Å². The average Bonchev–Trinajstić information content (AvgIpc) is 3.20. The van der Waals surface area contributed by atoms with Crippen LogP contribution in [0.3, 0.4) is 0 Å². The Hall–Kier alpha value is -3.48. The molecule has 0 bridgehead atoms. The van der Waals surface area contributed by atoms with E-state index >= 15 is 0 Å². The Morgan fingerprint density at radius 1 is 1.15 bits per heavy atom. The van der Waals surface area contributed by atoms with E-state index in [0.29, 0.717) is 30.4 Å². The molecule has 0 saturated heterocycles. The SMILES string of the molecule is C/C=C\C=C(\CNCc1cc2c([nH]c1=O)N(c1ccccc1)NC2c1cccc(F)c1)C(C)C. The molecule has 0 saturated carbocycles. The number of nitrogens with one attached hydrogen (secondary N) is 3. The first kappa shape index (κ1) is 23.7. The first-order valence-corrected chi connectivity index (χ1v) is 11.6. The van der Waals surface area contributed by atoms with Crippen molar-refractivity contribution in [3.63, 3.8) is 0 Å². The van der Waals surface area contributed by atoms with E-state index in [2.05, 4.69) is 35.7 Å². The van der Waals surface area contributed by atoms with E-state index in [1.807, 2.05) is 66.5 Å². The molecule has 0 spiro atoms. The number of pyridine rings is 1. The molecule has 176 valence electrons. The predicted octanol–water partition coefficient (Wildman–Crippen LogP) is 5.51. The molecular formula is C28H31FN4O. The second-order valence-corrected chi connectivity index (χ2v) is 8.74. The normalized spacial score (nSPS) is 16.0. The second-order valence-electron chi connectivity index (χ2n) is 8.74. The van der Waals surface area contributed by atoms with Crippen LogP contribution in [0.4, 0.5) is 15.9 Å². The standard InChI is InChI=1S/C28H31FN4O/c1-4-5-10-21(19(2)3)17-30-18-22-16-25-26(20-11-9-12-23(29)15-20)32-33(27(25)31-28(22)34)24-13-7-6-8-14-24/h4-16,19,26,30,32H,17-18H2,1-3H3,(H,31,34)/b5-4-,21-10-. The highest BCUT2D eigenvalue weighted by atomic mass is 19.1. The minimum atomic E-state index is -0.292. The third kappa shape index (κ3) is 5.19. The van der Waals surface area contributed by atoms with Crippen LogP contribution in [-0.4, -0.2) is 11.5 Å². The van der Waals surface area contributed by atoms with Crippen molar-refractivity contribution in [3.05, 3.63) is 117 Å². The quantitative estimate of drug-likeness (QED) is 0.390. The smallest absolute Gasteiger partial charge is 0.254 e. The molecule has 1 unspecified atom stereocenters. The third-order valence-corrected chi connectivity index (χ3v) is 6.00. The summed E-state index contributed by atoms with van der Waals surface area (Å²) in [6.07, 6.45) is 6.16. The summed E-state index contributed by atoms with van der Waals surface area (Å²) in [7, 11) is 0. The largest absolute Gasteiger partial charge is 0.309 e. The number of allylic oxidation sites excluding steroid dienone is 3. The van der Waals surface area contributed by atoms with Gasteiger partial charge in [-0.25, -0.2) is 9.82 Å². The fourth-order valence-electron chi connectivity index (χ4n) is 4.12. The van der Waals surface area contributed by atoms with Gasteiger partial charge in [-0.2, -0.15) is 0 Å². The van der Waals surface area contributed by atoms with Crippen LogP contribution in [0.5, 0.6) is 0 Å². The summed E-state index contributed by atoms with van der Waals surface area (Å²) < 4.78 is 14.0. The summed E-state index contributed by atoms with van der Waals surface area (Å²) in [4.78, 5) is 16.1. The molecule has 0 fully saturated rings. The van der Waals surface area contributed by atoms with Crippen LogP contribution in [0, 0.1) is 11.7 Å². The number of benzene rings is 2. The predicted molar refractivity (Wildman–Crippen MR) is 136 cm³/mol. The number of aromatic amines is 1. The summed E-state index contributed by atoms with van der Waals surface area (Å²) in [5.41, 5.74) is 7.80. The van der Waals surface area contributed by atoms with Gasteiger partial charge in [0.2, 0.25) is 0 Å². The van der Waals surface area contributed by atoms with E-state index in [9.17, 15) is 9.18 Å². The maximum absolute atomic E-state index is 14.0. The van der Waals surface area contributed by atoms with Gasteiger partial charge in [-0.15, -0.1) is 0 Å². The zero-order valence-corrected chi connectivity index (χ0v) is 19.8. The van der Waals surface area contributed by atoms with Crippen molar-refractivity contribution in [2.75, 3.05) is 11.6 Å². The van der Waals surface area contributed by atoms with E-state index in [0.717, 1.165) is 16.8 Å². The van der Waals surface area contributed by atoms with Crippen molar-refractivity contribution in [3.8, 4) is 0 Å². The van der Waals surface area contributed by atoms with Crippen molar-refractivity contribution in [2.24, 2.45) is 5.92 Å². The van der Waals surface area contributed by atoms with Crippen LogP contribution in [-0.2, 0) is 6.54 Å². The lowest BCUT2D eigenvalue weighted by atomic mass is 9.99. The number of halogens is 1. The number of hydrogen-bond acceptors (Lipinski definition) is 4. The van der Waals surface area contributed by atoms with E-state index in [1.165, 1.54) is 17.7 Å². The molecule has 0 amide bonds. The maximum Gasteiger partial charge on any atom is 0.254 e. The van der Waals surface area contributed by atoms with Gasteiger partial charge in [0.15, 0.2) is 0 Å². The Balaban J connectivity index is 1.66. The highest BCUT2D eigenvalue weighted by molar-refractivity contribution is 5.67. The molecular weight excluding hydrogens is 427 g/mol. The molecule has 1 atom stereocenters. The Labute approximate surface area is 200 Å². The Morgan fingerprint density at radius 3 is 2.65 bits per heavy atom. The lowest BCUT2D eigenvalue weighted by Crippen LogP contribution is -2.31. The minimum Gasteiger partial charge on any atom is -0.309 e. The van der Waals surface area contributed by atoms with Crippen LogP contribution in [0.1, 0.15) is 43.5 Å². The van der Waals surface area contributed by atoms with Crippen molar-refractivity contribution in [1.82, 2.24) is 15.7 Å². The van der Waals surface area contributed by atoms with Gasteiger partial charge in [0, 0.05) is 24.2 Å². The lowest BCUT2D eigenvalue weighted by Gasteiger charge is -2.20. The third-order valence-electron chi connectivity index (χ3n) is 6.00. The number of aromatic nitrogens is 1. The van der Waals surface area contributed by atoms with Crippen LogP contribution in [0.15, 0.2) is 89.3 Å². The number of para-hydroxylation sites is 1. The van der Waals surface area contributed by atoms with E-state index < -0.39 is 0 Å². The van der Waals surface area contributed by atoms with Crippen molar-refractivity contribution in [2.45, 2.75) is 33.4 Å². The van der Waals surface area contributed by atoms with Gasteiger partial charge < -0.3 is 10.3 Å². The first-order valence-electron chi connectivity index (χ1n) is 11.6. The van der Waals surface area contributed by atoms with Crippen LogP contribution in [0.2, 0.25) is 0 Å². The molecule has 5 nitrogen and oxygen atoms in total. The fraction of sp³-hybridized carbons (Fsp3) is 0.250. The van der Waals surface area contributed by atoms with Gasteiger partial charge in [0.1, 0.15) is 11.6 Å². The second kappa shape index (κ2) is 10.6. The van der Waals surface area contributed by atoms with Crippen molar-refractivity contribution in [1.29, 1.82) is 0 Å². The van der Waals surface area contributed by atoms with Crippen LogP contribution >= 0.6 is 0 Å². The summed E-state index contributed by atoms with van der Waals surface area (Å²) in [5.74, 6) is 0.785. The monoisotopic (exact) mass is 458 g/mol. The number of rotatable bonds is 8. The number of fused-ring (bicyclic) bond motifs is 1. The molecule has 2 heterocycles. The highest BCUT2D eigenvalue weighted by Crippen LogP contribution is 2.38. The number of hydrazine groups is 1. The summed E-state index contributed by atoms with van der Waals surface area (Å²) in [5, 5.41) is 5.28. The summed E-state index contributed by atoms with van der Waals surface area (Å²) in [6.45, 7) is 7.44. The molecule has 3 N–H and O–H groups in total. The average molecular weight is 459 g/mol. The van der Waals surface area contributed by atoms with Gasteiger partial charge in [0.05, 0.1) is 11.7 Å². The van der Waals surface area contributed by atoms with Gasteiger partial charge in [-0.3, -0.25) is 9.80 Å². The van der Waals surface area contributed by atoms with Gasteiger partial charge >= 0.3 is 0 Å². The lowest BCUT2D eigenvalue weighted by molar-refractivity contribution is 0.614. The van der Waals surface area contributed by atoms with Gasteiger partial charge in [-0.05, 0) is 48.7 Å². The molecule has 1 aliphatic rings. The summed E-state index contributed by atoms with van der Waals surface area (Å²) in [6, 6.07) is 17.9. The zero-order chi connectivity index (χ0) is 24.1. The fourth-order valence-corrected chi connectivity index (χ4v) is 4.12. The van der Waals surface area contributed by atoms with Gasteiger partial charge in [-0.1, -0.05) is 68.0 Å². The Bertz CT molecular complexity index is 1250. The van der Waals surface area contributed by atoms with Crippen LogP contribution in [0.25, 0.3) is 0 Å².